The van der Waals surface area contributed by atoms with Crippen LogP contribution in [0, 0.1) is 42.9 Å². The Morgan fingerprint density at radius 3 is 1.88 bits per heavy atom. The molecule has 0 heterocycles. The van der Waals surface area contributed by atoms with Crippen LogP contribution in [0.3, 0.4) is 0 Å². The number of benzene rings is 2. The molecule has 2 N–H and O–H groups in total. The van der Waals surface area contributed by atoms with Crippen LogP contribution in [0.4, 0.5) is 27.6 Å². The molecular formula is C14H11F5N2O2S. The highest BCUT2D eigenvalue weighted by Crippen LogP contribution is 2.27. The molecule has 4 nitrogen and oxygen atoms in total. The molecule has 2 aromatic rings. The summed E-state index contributed by atoms with van der Waals surface area (Å²) in [6.07, 6.45) is 0. The minimum Gasteiger partial charge on any atom is -0.302 e. The van der Waals surface area contributed by atoms with E-state index in [1.165, 1.54) is 19.1 Å². The van der Waals surface area contributed by atoms with Gasteiger partial charge in [-0.25, -0.2) is 30.4 Å². The number of aryl methyl sites for hydroxylation is 2. The van der Waals surface area contributed by atoms with E-state index in [-0.39, 0.29) is 4.90 Å². The summed E-state index contributed by atoms with van der Waals surface area (Å²) in [5, 5.41) is 0. The van der Waals surface area contributed by atoms with Gasteiger partial charge in [0.05, 0.1) is 4.90 Å². The highest BCUT2D eigenvalue weighted by molar-refractivity contribution is 7.89. The van der Waals surface area contributed by atoms with Gasteiger partial charge in [0.15, 0.2) is 23.3 Å². The van der Waals surface area contributed by atoms with E-state index in [0.29, 0.717) is 11.1 Å². The summed E-state index contributed by atoms with van der Waals surface area (Å²) in [5.74, 6) is -11.1. The summed E-state index contributed by atoms with van der Waals surface area (Å²) in [6.45, 7) is 3.10. The molecule has 0 radical (unpaired) electrons. The van der Waals surface area contributed by atoms with Gasteiger partial charge in [0, 0.05) is 0 Å². The van der Waals surface area contributed by atoms with Crippen molar-refractivity contribution >= 4 is 15.7 Å². The highest BCUT2D eigenvalue weighted by Gasteiger charge is 2.27. The number of anilines is 1. The van der Waals surface area contributed by atoms with Crippen molar-refractivity contribution in [3.05, 3.63) is 58.4 Å². The number of sulfonamides is 1. The standard InChI is InChI=1S/C14H11F5N2O2S/c1-6-3-4-7(2)8(5-6)24(22,23)21-20-14-12(18)10(16)9(15)11(17)13(14)19/h3-5,20-21H,1-2H3. The largest absolute Gasteiger partial charge is 0.302 e. The third-order valence-corrected chi connectivity index (χ3v) is 4.54. The summed E-state index contributed by atoms with van der Waals surface area (Å²) in [4.78, 5) is 1.39. The van der Waals surface area contributed by atoms with Crippen LogP contribution in [-0.4, -0.2) is 8.42 Å². The summed E-state index contributed by atoms with van der Waals surface area (Å²) in [6, 6.07) is 4.44. The molecule has 130 valence electrons. The normalized spacial score (nSPS) is 11.6. The predicted molar refractivity (Wildman–Crippen MR) is 76.1 cm³/mol. The van der Waals surface area contributed by atoms with Gasteiger partial charge in [-0.1, -0.05) is 12.1 Å². The Labute approximate surface area is 134 Å². The van der Waals surface area contributed by atoms with Gasteiger partial charge in [-0.15, -0.1) is 4.83 Å². The van der Waals surface area contributed by atoms with Gasteiger partial charge < -0.3 is 5.43 Å². The molecule has 0 unspecified atom stereocenters. The van der Waals surface area contributed by atoms with Crippen LogP contribution >= 0.6 is 0 Å². The quantitative estimate of drug-likeness (QED) is 0.378. The van der Waals surface area contributed by atoms with Crippen molar-refractivity contribution in [3.8, 4) is 0 Å². The molecule has 0 aliphatic carbocycles. The Hall–Kier alpha value is -2.20. The number of rotatable bonds is 4. The Bertz CT molecular complexity index is 887. The molecule has 0 aliphatic heterocycles. The van der Waals surface area contributed by atoms with Crippen LogP contribution in [0.1, 0.15) is 11.1 Å². The van der Waals surface area contributed by atoms with E-state index in [9.17, 15) is 30.4 Å². The maximum atomic E-state index is 13.5. The van der Waals surface area contributed by atoms with Crippen molar-refractivity contribution in [1.82, 2.24) is 4.83 Å². The molecule has 0 saturated carbocycles. The lowest BCUT2D eigenvalue weighted by Gasteiger charge is -2.13. The topological polar surface area (TPSA) is 58.2 Å². The average molecular weight is 366 g/mol. The Morgan fingerprint density at radius 1 is 0.833 bits per heavy atom. The summed E-state index contributed by atoms with van der Waals surface area (Å²) in [5.41, 5.74) is 0.962. The second-order valence-electron chi connectivity index (χ2n) is 4.94. The molecule has 24 heavy (non-hydrogen) atoms. The molecule has 0 spiro atoms. The molecular weight excluding hydrogens is 355 g/mol. The van der Waals surface area contributed by atoms with E-state index in [0.717, 1.165) is 0 Å². The van der Waals surface area contributed by atoms with Gasteiger partial charge >= 0.3 is 0 Å². The molecule has 2 aromatic carbocycles. The van der Waals surface area contributed by atoms with Crippen molar-refractivity contribution in [2.24, 2.45) is 0 Å². The molecule has 0 saturated heterocycles. The molecule has 0 aromatic heterocycles. The Balaban J connectivity index is 2.39. The fraction of sp³-hybridized carbons (Fsp3) is 0.143. The van der Waals surface area contributed by atoms with Gasteiger partial charge in [-0.05, 0) is 31.0 Å². The van der Waals surface area contributed by atoms with Gasteiger partial charge in [-0.3, -0.25) is 0 Å². The van der Waals surface area contributed by atoms with Gasteiger partial charge in [0.25, 0.3) is 10.0 Å². The predicted octanol–water partition coefficient (Wildman–Crippen LogP) is 3.30. The van der Waals surface area contributed by atoms with Crippen LogP contribution in [-0.2, 0) is 10.0 Å². The number of hydrogen-bond donors (Lipinski definition) is 2. The van der Waals surface area contributed by atoms with Crippen molar-refractivity contribution in [3.63, 3.8) is 0 Å². The third-order valence-electron chi connectivity index (χ3n) is 3.15. The minimum absolute atomic E-state index is 0.209. The highest BCUT2D eigenvalue weighted by atomic mass is 32.2. The molecule has 0 amide bonds. The van der Waals surface area contributed by atoms with Crippen LogP contribution in [0.25, 0.3) is 0 Å². The zero-order valence-electron chi connectivity index (χ0n) is 12.3. The second kappa shape index (κ2) is 6.36. The Kier molecular flexibility index (Phi) is 4.81. The molecule has 0 aliphatic rings. The minimum atomic E-state index is -4.31. The lowest BCUT2D eigenvalue weighted by atomic mass is 10.2. The first-order valence-corrected chi connectivity index (χ1v) is 7.91. The molecule has 0 bridgehead atoms. The molecule has 0 fully saturated rings. The van der Waals surface area contributed by atoms with Crippen molar-refractivity contribution in [2.75, 3.05) is 5.43 Å². The van der Waals surface area contributed by atoms with E-state index >= 15 is 0 Å². The second-order valence-corrected chi connectivity index (χ2v) is 6.60. The van der Waals surface area contributed by atoms with E-state index in [4.69, 9.17) is 0 Å². The maximum Gasteiger partial charge on any atom is 0.257 e. The first-order chi connectivity index (χ1) is 11.1. The summed E-state index contributed by atoms with van der Waals surface area (Å²) < 4.78 is 90.4. The first kappa shape index (κ1) is 18.1. The Morgan fingerprint density at radius 2 is 1.33 bits per heavy atom. The van der Waals surface area contributed by atoms with Gasteiger partial charge in [0.2, 0.25) is 5.82 Å². The average Bonchev–Trinajstić information content (AvgIpc) is 2.53. The fourth-order valence-corrected chi connectivity index (χ4v) is 3.06. The van der Waals surface area contributed by atoms with Crippen molar-refractivity contribution in [2.45, 2.75) is 18.7 Å². The van der Waals surface area contributed by atoms with Crippen LogP contribution in [0.2, 0.25) is 0 Å². The van der Waals surface area contributed by atoms with Crippen LogP contribution in [0.5, 0.6) is 0 Å². The van der Waals surface area contributed by atoms with E-state index in [2.05, 4.69) is 0 Å². The summed E-state index contributed by atoms with van der Waals surface area (Å²) >= 11 is 0. The number of hydrogen-bond acceptors (Lipinski definition) is 3. The zero-order chi connectivity index (χ0) is 18.2. The van der Waals surface area contributed by atoms with E-state index in [1.807, 2.05) is 0 Å². The monoisotopic (exact) mass is 366 g/mol. The van der Waals surface area contributed by atoms with Crippen LogP contribution < -0.4 is 10.3 Å². The fourth-order valence-electron chi connectivity index (χ4n) is 1.88. The number of hydrazine groups is 1. The lowest BCUT2D eigenvalue weighted by molar-refractivity contribution is 0.381. The number of nitrogens with one attached hydrogen (secondary N) is 2. The molecule has 10 heteroatoms. The van der Waals surface area contributed by atoms with Gasteiger partial charge in [0.1, 0.15) is 5.69 Å². The summed E-state index contributed by atoms with van der Waals surface area (Å²) in [7, 11) is -4.31. The lowest BCUT2D eigenvalue weighted by Crippen LogP contribution is -2.31. The molecule has 0 atom stereocenters. The first-order valence-electron chi connectivity index (χ1n) is 6.42. The van der Waals surface area contributed by atoms with Crippen LogP contribution in [0.15, 0.2) is 23.1 Å². The maximum absolute atomic E-state index is 13.5. The van der Waals surface area contributed by atoms with E-state index in [1.54, 1.807) is 23.2 Å². The molecule has 2 rings (SSSR count). The van der Waals surface area contributed by atoms with Crippen molar-refractivity contribution in [1.29, 1.82) is 0 Å². The van der Waals surface area contributed by atoms with Crippen molar-refractivity contribution < 1.29 is 30.4 Å². The zero-order valence-corrected chi connectivity index (χ0v) is 13.2. The smallest absolute Gasteiger partial charge is 0.257 e. The number of halogens is 5. The third kappa shape index (κ3) is 3.20. The van der Waals surface area contributed by atoms with Gasteiger partial charge in [-0.2, -0.15) is 0 Å². The SMILES string of the molecule is Cc1ccc(C)c(S(=O)(=O)NNc2c(F)c(F)c(F)c(F)c2F)c1. The van der Waals surface area contributed by atoms with E-state index < -0.39 is 44.8 Å².